The summed E-state index contributed by atoms with van der Waals surface area (Å²) in [6.07, 6.45) is 3.05. The zero-order chi connectivity index (χ0) is 35.1. The molecule has 0 bridgehead atoms. The molecular formula is C36H42F2N6O4S. The number of carbonyl (C=O) groups is 3. The number of nitrogens with one attached hydrogen (secondary N) is 3. The molecule has 1 aliphatic heterocycles. The van der Waals surface area contributed by atoms with Crippen LogP contribution in [0, 0.1) is 10.8 Å². The topological polar surface area (TPSA) is 141 Å². The van der Waals surface area contributed by atoms with Crippen molar-refractivity contribution in [1.29, 1.82) is 5.41 Å². The molecule has 0 spiro atoms. The molecule has 0 radical (unpaired) electrons. The lowest BCUT2D eigenvalue weighted by atomic mass is 10.00. The second-order valence-electron chi connectivity index (χ2n) is 13.6. The molecule has 3 aliphatic rings. The van der Waals surface area contributed by atoms with Gasteiger partial charge in [-0.3, -0.25) is 19.8 Å². The first-order valence-corrected chi connectivity index (χ1v) is 17.4. The second-order valence-corrected chi connectivity index (χ2v) is 14.6. The zero-order valence-corrected chi connectivity index (χ0v) is 28.7. The zero-order valence-electron chi connectivity index (χ0n) is 27.9. The summed E-state index contributed by atoms with van der Waals surface area (Å²) in [7, 11) is 4.06. The van der Waals surface area contributed by atoms with Crippen LogP contribution in [0.1, 0.15) is 70.6 Å². The summed E-state index contributed by atoms with van der Waals surface area (Å²) in [6.45, 7) is 3.48. The number of nitrogen functional groups attached to an aromatic ring is 1. The number of amidine groups is 1. The first kappa shape index (κ1) is 34.7. The Morgan fingerprint density at radius 3 is 2.57 bits per heavy atom. The molecule has 2 aliphatic carbocycles. The van der Waals surface area contributed by atoms with E-state index in [1.807, 2.05) is 21.0 Å². The van der Waals surface area contributed by atoms with Crippen LogP contribution in [-0.2, 0) is 20.2 Å². The van der Waals surface area contributed by atoms with Crippen LogP contribution in [0.5, 0.6) is 0 Å². The Labute approximate surface area is 288 Å². The van der Waals surface area contributed by atoms with E-state index in [9.17, 15) is 14.4 Å². The summed E-state index contributed by atoms with van der Waals surface area (Å²) in [5.41, 5.74) is 6.42. The van der Waals surface area contributed by atoms with Gasteiger partial charge in [0.2, 0.25) is 11.8 Å². The number of piperidine rings is 1. The minimum absolute atomic E-state index is 0.0537. The third-order valence-electron chi connectivity index (χ3n) is 9.83. The number of nitrogens with zero attached hydrogens (tertiary/aromatic N) is 2. The highest BCUT2D eigenvalue weighted by atomic mass is 32.1. The van der Waals surface area contributed by atoms with E-state index in [1.54, 1.807) is 34.5 Å². The molecule has 3 amide bonds. The van der Waals surface area contributed by atoms with Crippen LogP contribution in [0.15, 0.2) is 53.9 Å². The van der Waals surface area contributed by atoms with E-state index in [2.05, 4.69) is 15.5 Å². The number of alkyl halides is 2. The molecule has 5 N–H and O–H groups in total. The monoisotopic (exact) mass is 692 g/mol. The van der Waals surface area contributed by atoms with Crippen LogP contribution in [-0.4, -0.2) is 85.8 Å². The number of halogens is 2. The third kappa shape index (κ3) is 6.84. The van der Waals surface area contributed by atoms with Gasteiger partial charge in [-0.25, -0.2) is 0 Å². The molecule has 10 nitrogen and oxygen atoms in total. The molecule has 4 atom stereocenters. The maximum Gasteiger partial charge on any atom is 0.299 e. The van der Waals surface area contributed by atoms with Gasteiger partial charge in [-0.2, -0.15) is 8.78 Å². The van der Waals surface area contributed by atoms with Crippen molar-refractivity contribution in [3.63, 3.8) is 0 Å². The van der Waals surface area contributed by atoms with Gasteiger partial charge < -0.3 is 30.9 Å². The molecule has 1 saturated carbocycles. The molecule has 2 fully saturated rings. The van der Waals surface area contributed by atoms with Gasteiger partial charge in [-0.05, 0) is 82.6 Å². The fraction of sp³-hybridized carbons (Fsp3) is 0.444. The first-order chi connectivity index (χ1) is 23.3. The van der Waals surface area contributed by atoms with Gasteiger partial charge in [0.1, 0.15) is 11.9 Å². The van der Waals surface area contributed by atoms with Crippen molar-refractivity contribution in [2.45, 2.75) is 56.7 Å². The Morgan fingerprint density at radius 1 is 1.08 bits per heavy atom. The van der Waals surface area contributed by atoms with E-state index in [-0.39, 0.29) is 58.0 Å². The van der Waals surface area contributed by atoms with E-state index >= 15 is 8.78 Å². The molecule has 1 saturated heterocycles. The quantitative estimate of drug-likeness (QED) is 0.112. The van der Waals surface area contributed by atoms with Crippen molar-refractivity contribution in [2.75, 3.05) is 40.4 Å². The normalized spacial score (nSPS) is 21.9. The number of thiophene rings is 1. The minimum atomic E-state index is -3.16. The third-order valence-corrected chi connectivity index (χ3v) is 10.9. The van der Waals surface area contributed by atoms with Gasteiger partial charge >= 0.3 is 0 Å². The smallest absolute Gasteiger partial charge is 0.299 e. The average Bonchev–Trinajstić information content (AvgIpc) is 3.35. The number of hydrogen-bond acceptors (Lipinski definition) is 7. The number of nitrogens with two attached hydrogens (primary N) is 1. The maximum absolute atomic E-state index is 15.0. The number of likely N-dealkylation sites (tertiary alicyclic amines) is 1. The Morgan fingerprint density at radius 2 is 1.84 bits per heavy atom. The van der Waals surface area contributed by atoms with Crippen LogP contribution in [0.4, 0.5) is 8.78 Å². The van der Waals surface area contributed by atoms with E-state index < -0.39 is 23.8 Å². The van der Waals surface area contributed by atoms with Gasteiger partial charge in [0.05, 0.1) is 19.2 Å². The lowest BCUT2D eigenvalue weighted by Gasteiger charge is -2.28. The van der Waals surface area contributed by atoms with Crippen LogP contribution < -0.4 is 16.4 Å². The highest BCUT2D eigenvalue weighted by Gasteiger charge is 2.67. The Kier molecular flexibility index (Phi) is 9.62. The average molecular weight is 693 g/mol. The van der Waals surface area contributed by atoms with Crippen molar-refractivity contribution in [2.24, 2.45) is 11.1 Å². The van der Waals surface area contributed by atoms with Gasteiger partial charge in [-0.1, -0.05) is 30.3 Å². The number of fused-ring (bicyclic) bond motifs is 4. The standard InChI is InChI=1S/C36H42F2N6O4S/c1-21(29-15-23(19-49-29)32(39)40)42-34(47)28-16-35(20-48-13-7-6-12-43(2)3)17-30(35)44(28)31(45)18-41-33(46)22-10-11-27-25(14-22)24-8-4-5-9-26(24)36(27,37)38/h4-5,8-11,14-15,19,21,28,30H,6-7,12-13,16-18,20H2,1-3H3,(H3,39,40)(H,41,46)(H,42,47)/t21?,28-,30-,35+/m0/s1. The number of carbonyl (C=O) groups excluding carboxylic acids is 3. The fourth-order valence-electron chi connectivity index (χ4n) is 7.10. The Balaban J connectivity index is 1.13. The van der Waals surface area contributed by atoms with Crippen LogP contribution in [0.2, 0.25) is 0 Å². The Hall–Kier alpha value is -4.20. The van der Waals surface area contributed by atoms with Gasteiger partial charge in [0.15, 0.2) is 0 Å². The van der Waals surface area contributed by atoms with Crippen molar-refractivity contribution in [1.82, 2.24) is 20.4 Å². The van der Waals surface area contributed by atoms with E-state index in [0.29, 0.717) is 37.2 Å². The maximum atomic E-state index is 15.0. The molecule has 6 rings (SSSR count). The summed E-state index contributed by atoms with van der Waals surface area (Å²) in [6, 6.07) is 10.7. The summed E-state index contributed by atoms with van der Waals surface area (Å²) in [5.74, 6) is -4.49. The highest BCUT2D eigenvalue weighted by Crippen LogP contribution is 2.60. The highest BCUT2D eigenvalue weighted by molar-refractivity contribution is 7.10. The molecule has 13 heteroatoms. The number of rotatable bonds is 14. The van der Waals surface area contributed by atoms with Crippen molar-refractivity contribution >= 4 is 34.9 Å². The van der Waals surface area contributed by atoms with Gasteiger partial charge in [0.25, 0.3) is 11.8 Å². The molecule has 49 heavy (non-hydrogen) atoms. The predicted octanol–water partition coefficient (Wildman–Crippen LogP) is 4.48. The van der Waals surface area contributed by atoms with Crippen LogP contribution >= 0.6 is 11.3 Å². The summed E-state index contributed by atoms with van der Waals surface area (Å²) >= 11 is 1.39. The lowest BCUT2D eigenvalue weighted by molar-refractivity contribution is -0.139. The van der Waals surface area contributed by atoms with Crippen LogP contribution in [0.3, 0.4) is 0 Å². The van der Waals surface area contributed by atoms with Crippen molar-refractivity contribution in [3.05, 3.63) is 81.0 Å². The van der Waals surface area contributed by atoms with Crippen molar-refractivity contribution in [3.8, 4) is 11.1 Å². The molecular weight excluding hydrogens is 650 g/mol. The molecule has 1 aromatic heterocycles. The number of hydrogen-bond donors (Lipinski definition) is 4. The number of benzene rings is 2. The summed E-state index contributed by atoms with van der Waals surface area (Å²) < 4.78 is 36.1. The molecule has 1 unspecified atom stereocenters. The first-order valence-electron chi connectivity index (χ1n) is 16.5. The van der Waals surface area contributed by atoms with E-state index in [4.69, 9.17) is 15.9 Å². The summed E-state index contributed by atoms with van der Waals surface area (Å²) in [4.78, 5) is 45.3. The summed E-state index contributed by atoms with van der Waals surface area (Å²) in [5, 5.41) is 15.1. The van der Waals surface area contributed by atoms with Gasteiger partial charge in [0, 0.05) is 50.6 Å². The number of unbranched alkanes of at least 4 members (excludes halogenated alkanes) is 1. The van der Waals surface area contributed by atoms with Crippen LogP contribution in [0.25, 0.3) is 11.1 Å². The molecule has 2 aromatic carbocycles. The fourth-order valence-corrected chi connectivity index (χ4v) is 8.01. The number of amides is 3. The minimum Gasteiger partial charge on any atom is -0.384 e. The lowest BCUT2D eigenvalue weighted by Crippen LogP contribution is -2.51. The largest absolute Gasteiger partial charge is 0.384 e. The van der Waals surface area contributed by atoms with Crippen molar-refractivity contribution < 1.29 is 27.9 Å². The molecule has 2 heterocycles. The van der Waals surface area contributed by atoms with Gasteiger partial charge in [-0.15, -0.1) is 11.3 Å². The molecule has 260 valence electrons. The van der Waals surface area contributed by atoms with E-state index in [1.165, 1.54) is 35.6 Å². The number of ether oxygens (including phenoxy) is 1. The SMILES string of the molecule is CC(NC(=O)[C@@H]1C[C@]2(COCCCCN(C)C)C[C@@H]2N1C(=O)CNC(=O)c1ccc2c(c1)-c1ccccc1C2(F)F)c1cc(C(=N)N)cs1. The Bertz CT molecular complexity index is 1780. The predicted molar refractivity (Wildman–Crippen MR) is 184 cm³/mol. The molecule has 3 aromatic rings. The van der Waals surface area contributed by atoms with E-state index in [0.717, 1.165) is 24.3 Å². The second kappa shape index (κ2) is 13.6.